The van der Waals surface area contributed by atoms with Crippen molar-refractivity contribution >= 4 is 16.0 Å². The molecule has 1 unspecified atom stereocenters. The molecule has 2 fully saturated rings. The first-order valence-electron chi connectivity index (χ1n) is 8.80. The average Bonchev–Trinajstić information content (AvgIpc) is 2.63. The van der Waals surface area contributed by atoms with Gasteiger partial charge in [0.1, 0.15) is 5.75 Å². The van der Waals surface area contributed by atoms with Crippen LogP contribution in [0.25, 0.3) is 0 Å². The molecule has 1 aromatic heterocycles. The number of hydrogen-bond acceptors (Lipinski definition) is 6. The van der Waals surface area contributed by atoms with Gasteiger partial charge in [-0.2, -0.15) is 4.31 Å². The van der Waals surface area contributed by atoms with E-state index in [0.717, 1.165) is 12.8 Å². The lowest BCUT2D eigenvalue weighted by molar-refractivity contribution is -0.153. The number of sulfonamides is 1. The summed E-state index contributed by atoms with van der Waals surface area (Å²) in [7, 11) is -3.80. The molecule has 2 aliphatic rings. The second-order valence-electron chi connectivity index (χ2n) is 6.82. The zero-order valence-electron chi connectivity index (χ0n) is 14.5. The quantitative estimate of drug-likeness (QED) is 0.792. The number of carboxylic acids is 1. The third-order valence-corrected chi connectivity index (χ3v) is 7.09. The predicted octanol–water partition coefficient (Wildman–Crippen LogP) is 1.48. The first-order valence-corrected chi connectivity index (χ1v) is 10.4. The number of aliphatic carboxylic acids is 1. The molecule has 0 radical (unpaired) electrons. The largest absolute Gasteiger partial charge is 0.481 e. The molecule has 1 N–H and O–H groups in total. The summed E-state index contributed by atoms with van der Waals surface area (Å²) in [4.78, 5) is 15.8. The van der Waals surface area contributed by atoms with Crippen molar-refractivity contribution in [2.24, 2.45) is 5.41 Å². The number of aromatic nitrogens is 1. The van der Waals surface area contributed by atoms with Gasteiger partial charge in [0.15, 0.2) is 6.23 Å². The van der Waals surface area contributed by atoms with E-state index in [1.807, 2.05) is 0 Å². The minimum absolute atomic E-state index is 0.200. The molecule has 2 saturated heterocycles. The zero-order chi connectivity index (χ0) is 18.6. The number of carboxylic acid groups (broad SMARTS) is 1. The fraction of sp³-hybridized carbons (Fsp3) is 0.647. The maximum Gasteiger partial charge on any atom is 0.310 e. The summed E-state index contributed by atoms with van der Waals surface area (Å²) in [6.45, 7) is 0.863. The Morgan fingerprint density at radius 3 is 2.65 bits per heavy atom. The van der Waals surface area contributed by atoms with E-state index < -0.39 is 33.4 Å². The Hall–Kier alpha value is -1.71. The summed E-state index contributed by atoms with van der Waals surface area (Å²) < 4.78 is 38.6. The summed E-state index contributed by atoms with van der Waals surface area (Å²) in [5, 5.41) is 9.67. The molecular weight excluding hydrogens is 360 g/mol. The van der Waals surface area contributed by atoms with Gasteiger partial charge in [-0.25, -0.2) is 8.42 Å². The topological polar surface area (TPSA) is 106 Å². The summed E-state index contributed by atoms with van der Waals surface area (Å²) in [5.41, 5.74) is -1.30. The highest BCUT2D eigenvalue weighted by molar-refractivity contribution is 7.89. The molecule has 0 amide bonds. The van der Waals surface area contributed by atoms with Crippen LogP contribution in [0.3, 0.4) is 0 Å². The predicted molar refractivity (Wildman–Crippen MR) is 93.1 cm³/mol. The van der Waals surface area contributed by atoms with Crippen molar-refractivity contribution in [2.45, 2.75) is 38.3 Å². The molecule has 0 spiro atoms. The molecule has 9 heteroatoms. The highest BCUT2D eigenvalue weighted by Crippen LogP contribution is 2.35. The van der Waals surface area contributed by atoms with Gasteiger partial charge in [-0.1, -0.05) is 0 Å². The summed E-state index contributed by atoms with van der Waals surface area (Å²) in [5.74, 6) is -0.950. The van der Waals surface area contributed by atoms with Gasteiger partial charge in [-0.15, -0.1) is 0 Å². The van der Waals surface area contributed by atoms with Crippen molar-refractivity contribution in [2.75, 3.05) is 25.5 Å². The Kier molecular flexibility index (Phi) is 5.79. The summed E-state index contributed by atoms with van der Waals surface area (Å²) in [6, 6.07) is 3.35. The average molecular weight is 384 g/mol. The number of pyridine rings is 1. The van der Waals surface area contributed by atoms with Crippen molar-refractivity contribution in [1.82, 2.24) is 9.29 Å². The van der Waals surface area contributed by atoms with E-state index in [2.05, 4.69) is 4.98 Å². The molecular formula is C17H24N2O6S. The van der Waals surface area contributed by atoms with Gasteiger partial charge in [0, 0.05) is 32.2 Å². The molecule has 0 bridgehead atoms. The molecule has 144 valence electrons. The number of ether oxygens (including phenoxy) is 2. The van der Waals surface area contributed by atoms with E-state index >= 15 is 0 Å². The van der Waals surface area contributed by atoms with Crippen molar-refractivity contribution in [1.29, 1.82) is 0 Å². The number of carbonyl (C=O) groups is 1. The number of piperidine rings is 1. The second-order valence-corrected chi connectivity index (χ2v) is 8.74. The molecule has 3 heterocycles. The van der Waals surface area contributed by atoms with Crippen LogP contribution in [0.1, 0.15) is 32.1 Å². The molecule has 2 aliphatic heterocycles. The second kappa shape index (κ2) is 7.89. The number of rotatable bonds is 6. The Bertz CT molecular complexity index is 718. The van der Waals surface area contributed by atoms with Crippen molar-refractivity contribution < 1.29 is 27.8 Å². The monoisotopic (exact) mass is 384 g/mol. The molecule has 26 heavy (non-hydrogen) atoms. The van der Waals surface area contributed by atoms with Crippen LogP contribution in [0.4, 0.5) is 0 Å². The third kappa shape index (κ3) is 4.16. The van der Waals surface area contributed by atoms with Crippen molar-refractivity contribution in [3.8, 4) is 5.75 Å². The maximum atomic E-state index is 13.1. The van der Waals surface area contributed by atoms with Gasteiger partial charge in [0.25, 0.3) is 0 Å². The highest BCUT2D eigenvalue weighted by atomic mass is 32.2. The van der Waals surface area contributed by atoms with E-state index in [9.17, 15) is 18.3 Å². The van der Waals surface area contributed by atoms with Crippen LogP contribution in [0.15, 0.2) is 24.5 Å². The number of hydrogen-bond donors (Lipinski definition) is 1. The van der Waals surface area contributed by atoms with E-state index in [1.54, 1.807) is 24.5 Å². The first kappa shape index (κ1) is 19.1. The van der Waals surface area contributed by atoms with Crippen molar-refractivity contribution in [3.05, 3.63) is 24.5 Å². The third-order valence-electron chi connectivity index (χ3n) is 5.04. The minimum Gasteiger partial charge on any atom is -0.481 e. The number of nitrogens with zero attached hydrogens (tertiary/aromatic N) is 2. The lowest BCUT2D eigenvalue weighted by Gasteiger charge is -2.38. The normalized spacial score (nSPS) is 24.1. The lowest BCUT2D eigenvalue weighted by atomic mass is 9.82. The van der Waals surface area contributed by atoms with Crippen LogP contribution in [0.2, 0.25) is 0 Å². The van der Waals surface area contributed by atoms with E-state index in [-0.39, 0.29) is 26.1 Å². The Balaban J connectivity index is 1.80. The SMILES string of the molecule is O=C(O)C1(CS(=O)(=O)N2CCCCC2Oc2ccncc2)CCOCC1. The fourth-order valence-electron chi connectivity index (χ4n) is 3.50. The summed E-state index contributed by atoms with van der Waals surface area (Å²) in [6.07, 6.45) is 5.11. The van der Waals surface area contributed by atoms with Gasteiger partial charge in [-0.3, -0.25) is 9.78 Å². The van der Waals surface area contributed by atoms with E-state index in [1.165, 1.54) is 4.31 Å². The smallest absolute Gasteiger partial charge is 0.310 e. The molecule has 0 saturated carbocycles. The molecule has 3 rings (SSSR count). The standard InChI is InChI=1S/C17H24N2O6S/c20-16(21)17(6-11-24-12-7-17)13-26(22,23)19-10-2-1-3-15(19)25-14-4-8-18-9-5-14/h4-5,8-9,15H,1-3,6-7,10-13H2,(H,20,21). The van der Waals surface area contributed by atoms with Gasteiger partial charge in [-0.05, 0) is 44.2 Å². The molecule has 0 aliphatic carbocycles. The van der Waals surface area contributed by atoms with Crippen LogP contribution in [0.5, 0.6) is 5.75 Å². The van der Waals surface area contributed by atoms with Crippen LogP contribution >= 0.6 is 0 Å². The lowest BCUT2D eigenvalue weighted by Crippen LogP contribution is -2.52. The molecule has 1 atom stereocenters. The van der Waals surface area contributed by atoms with Gasteiger partial charge in [0.2, 0.25) is 10.0 Å². The zero-order valence-corrected chi connectivity index (χ0v) is 15.4. The Morgan fingerprint density at radius 1 is 1.31 bits per heavy atom. The van der Waals surface area contributed by atoms with Gasteiger partial charge in [0.05, 0.1) is 11.2 Å². The van der Waals surface area contributed by atoms with Crippen LogP contribution in [-0.4, -0.2) is 60.5 Å². The van der Waals surface area contributed by atoms with E-state index in [0.29, 0.717) is 18.7 Å². The highest BCUT2D eigenvalue weighted by Gasteiger charge is 2.47. The maximum absolute atomic E-state index is 13.1. The molecule has 8 nitrogen and oxygen atoms in total. The molecule has 0 aromatic carbocycles. The molecule has 1 aromatic rings. The Labute approximate surface area is 153 Å². The van der Waals surface area contributed by atoms with Crippen LogP contribution in [0, 0.1) is 5.41 Å². The first-order chi connectivity index (χ1) is 12.4. The minimum atomic E-state index is -3.80. The Morgan fingerprint density at radius 2 is 2.00 bits per heavy atom. The fourth-order valence-corrected chi connectivity index (χ4v) is 5.69. The van der Waals surface area contributed by atoms with Crippen LogP contribution in [-0.2, 0) is 19.6 Å². The van der Waals surface area contributed by atoms with Gasteiger partial charge >= 0.3 is 5.97 Å². The van der Waals surface area contributed by atoms with Crippen LogP contribution < -0.4 is 4.74 Å². The van der Waals surface area contributed by atoms with Crippen molar-refractivity contribution in [3.63, 3.8) is 0 Å². The van der Waals surface area contributed by atoms with E-state index in [4.69, 9.17) is 9.47 Å². The summed E-state index contributed by atoms with van der Waals surface area (Å²) >= 11 is 0. The van der Waals surface area contributed by atoms with Gasteiger partial charge < -0.3 is 14.6 Å².